The summed E-state index contributed by atoms with van der Waals surface area (Å²) < 4.78 is 0.545. The van der Waals surface area contributed by atoms with Gasteiger partial charge < -0.3 is 15.5 Å². The van der Waals surface area contributed by atoms with E-state index in [-0.39, 0.29) is 11.5 Å². The number of hydrogen-bond acceptors (Lipinski definition) is 5. The zero-order valence-electron chi connectivity index (χ0n) is 9.51. The molecule has 0 fully saturated rings. The van der Waals surface area contributed by atoms with Crippen LogP contribution in [-0.2, 0) is 9.59 Å². The van der Waals surface area contributed by atoms with Gasteiger partial charge in [-0.15, -0.1) is 11.8 Å². The van der Waals surface area contributed by atoms with Gasteiger partial charge >= 0.3 is 5.97 Å². The first-order chi connectivity index (χ1) is 8.99. The highest BCUT2D eigenvalue weighted by Gasteiger charge is 2.21. The molecule has 3 N–H and O–H groups in total. The average Bonchev–Trinajstić information content (AvgIpc) is 2.40. The first-order valence-corrected chi connectivity index (χ1v) is 6.98. The summed E-state index contributed by atoms with van der Waals surface area (Å²) in [6, 6.07) is 3.08. The number of hydrogen-bond donors (Lipinski definition) is 3. The van der Waals surface area contributed by atoms with Gasteiger partial charge in [0, 0.05) is 5.75 Å². The molecule has 0 aromatic heterocycles. The Morgan fingerprint density at radius 1 is 1.47 bits per heavy atom. The first-order valence-electron chi connectivity index (χ1n) is 5.21. The molecule has 100 valence electrons. The molecule has 0 saturated heterocycles. The normalized spacial score (nSPS) is 13.4. The maximum Gasteiger partial charge on any atom is 0.322 e. The maximum atomic E-state index is 11.7. The Morgan fingerprint density at radius 2 is 2.21 bits per heavy atom. The fraction of sp³-hybridized carbons (Fsp3) is 0.182. The molecule has 1 heterocycles. The lowest BCUT2D eigenvalue weighted by molar-refractivity contribution is -0.137. The number of nitrogens with one attached hydrogen (secondary N) is 1. The van der Waals surface area contributed by atoms with Crippen molar-refractivity contribution in [1.29, 1.82) is 0 Å². The van der Waals surface area contributed by atoms with Crippen LogP contribution in [0.25, 0.3) is 0 Å². The molecule has 2 rings (SSSR count). The number of fused-ring (bicyclic) bond motifs is 1. The minimum absolute atomic E-state index is 0.111. The number of aliphatic carboxylic acids is 1. The smallest absolute Gasteiger partial charge is 0.322 e. The molecule has 1 aromatic carbocycles. The summed E-state index contributed by atoms with van der Waals surface area (Å²) >= 11 is 4.61. The van der Waals surface area contributed by atoms with Gasteiger partial charge in [-0.25, -0.2) is 4.99 Å². The number of benzene rings is 1. The van der Waals surface area contributed by atoms with Crippen molar-refractivity contribution in [3.63, 3.8) is 0 Å². The van der Waals surface area contributed by atoms with Crippen molar-refractivity contribution in [3.8, 4) is 5.75 Å². The monoisotopic (exact) mass is 344 g/mol. The van der Waals surface area contributed by atoms with Crippen molar-refractivity contribution < 1.29 is 19.8 Å². The highest BCUT2D eigenvalue weighted by molar-refractivity contribution is 9.10. The van der Waals surface area contributed by atoms with Crippen molar-refractivity contribution in [2.45, 2.75) is 4.90 Å². The standard InChI is InChI=1S/C11H9BrN2O4S/c12-9-7(15)2-1-5-10(9)19-4-6(14-5)11(18)13-3-8(16)17/h1-2,15H,3-4H2,(H,13,18)(H,16,17). The number of aromatic hydroxyl groups is 1. The maximum absolute atomic E-state index is 11.7. The van der Waals surface area contributed by atoms with Crippen molar-refractivity contribution in [3.05, 3.63) is 16.6 Å². The zero-order valence-corrected chi connectivity index (χ0v) is 11.9. The van der Waals surface area contributed by atoms with E-state index in [1.165, 1.54) is 17.8 Å². The number of aliphatic imine (C=N–C) groups is 1. The third kappa shape index (κ3) is 3.07. The van der Waals surface area contributed by atoms with Crippen molar-refractivity contribution in [2.75, 3.05) is 12.3 Å². The lowest BCUT2D eigenvalue weighted by atomic mass is 10.3. The fourth-order valence-electron chi connectivity index (χ4n) is 1.45. The van der Waals surface area contributed by atoms with E-state index < -0.39 is 18.4 Å². The molecule has 8 heteroatoms. The van der Waals surface area contributed by atoms with Gasteiger partial charge in [-0.05, 0) is 28.1 Å². The Morgan fingerprint density at radius 3 is 2.89 bits per heavy atom. The number of thioether (sulfide) groups is 1. The highest BCUT2D eigenvalue weighted by atomic mass is 79.9. The zero-order chi connectivity index (χ0) is 14.0. The Hall–Kier alpha value is -1.54. The molecule has 1 amide bonds. The lowest BCUT2D eigenvalue weighted by Gasteiger charge is -2.16. The van der Waals surface area contributed by atoms with Gasteiger partial charge in [0.2, 0.25) is 0 Å². The van der Waals surface area contributed by atoms with Gasteiger partial charge in [0.25, 0.3) is 5.91 Å². The molecule has 0 bridgehead atoms. The molecule has 1 aliphatic heterocycles. The Kier molecular flexibility index (Phi) is 4.11. The van der Waals surface area contributed by atoms with E-state index in [1.54, 1.807) is 6.07 Å². The molecule has 0 unspecified atom stereocenters. The van der Waals surface area contributed by atoms with Crippen LogP contribution in [0.3, 0.4) is 0 Å². The van der Waals surface area contributed by atoms with Crippen LogP contribution in [-0.4, -0.2) is 40.1 Å². The van der Waals surface area contributed by atoms with E-state index in [9.17, 15) is 14.7 Å². The number of halogens is 1. The summed E-state index contributed by atoms with van der Waals surface area (Å²) in [5, 5.41) is 20.3. The number of carbonyl (C=O) groups excluding carboxylic acids is 1. The van der Waals surface area contributed by atoms with E-state index in [0.29, 0.717) is 15.9 Å². The number of amides is 1. The first kappa shape index (κ1) is 13.9. The lowest BCUT2D eigenvalue weighted by Crippen LogP contribution is -2.36. The van der Waals surface area contributed by atoms with Crippen LogP contribution in [0.4, 0.5) is 5.69 Å². The molecule has 19 heavy (non-hydrogen) atoms. The molecule has 6 nitrogen and oxygen atoms in total. The largest absolute Gasteiger partial charge is 0.507 e. The van der Waals surface area contributed by atoms with Crippen molar-refractivity contribution in [1.82, 2.24) is 5.32 Å². The van der Waals surface area contributed by atoms with E-state index in [4.69, 9.17) is 5.11 Å². The summed E-state index contributed by atoms with van der Waals surface area (Å²) in [4.78, 5) is 27.0. The molecular weight excluding hydrogens is 336 g/mol. The van der Waals surface area contributed by atoms with E-state index in [1.807, 2.05) is 0 Å². The second kappa shape index (κ2) is 5.62. The third-order valence-corrected chi connectivity index (χ3v) is 4.51. The summed E-state index contributed by atoms with van der Waals surface area (Å²) in [5.41, 5.74) is 0.831. The average molecular weight is 345 g/mol. The van der Waals surface area contributed by atoms with Gasteiger partial charge in [0.1, 0.15) is 18.0 Å². The number of carboxylic acid groups (broad SMARTS) is 1. The predicted molar refractivity (Wildman–Crippen MR) is 74.3 cm³/mol. The van der Waals surface area contributed by atoms with Gasteiger partial charge in [-0.3, -0.25) is 9.59 Å². The molecule has 1 aromatic rings. The van der Waals surface area contributed by atoms with Gasteiger partial charge in [-0.2, -0.15) is 0 Å². The fourth-order valence-corrected chi connectivity index (χ4v) is 3.10. The summed E-state index contributed by atoms with van der Waals surface area (Å²) in [5.74, 6) is -1.17. The molecule has 0 saturated carbocycles. The SMILES string of the molecule is O=C(O)CNC(=O)C1=Nc2ccc(O)c(Br)c2SC1. The van der Waals surface area contributed by atoms with Crippen molar-refractivity contribution in [2.24, 2.45) is 4.99 Å². The number of phenols is 1. The number of phenolic OH excluding ortho intramolecular Hbond substituents is 1. The van der Waals surface area contributed by atoms with Crippen LogP contribution in [0.15, 0.2) is 26.5 Å². The van der Waals surface area contributed by atoms with Crippen LogP contribution < -0.4 is 5.32 Å². The Balaban J connectivity index is 2.22. The van der Waals surface area contributed by atoms with Crippen LogP contribution in [0.5, 0.6) is 5.75 Å². The third-order valence-electron chi connectivity index (χ3n) is 2.33. The molecule has 1 aliphatic rings. The molecule has 0 aliphatic carbocycles. The van der Waals surface area contributed by atoms with Gasteiger partial charge in [0.05, 0.1) is 15.1 Å². The number of rotatable bonds is 3. The predicted octanol–water partition coefficient (Wildman–Crippen LogP) is 1.53. The summed E-state index contributed by atoms with van der Waals surface area (Å²) in [7, 11) is 0. The summed E-state index contributed by atoms with van der Waals surface area (Å²) in [6.07, 6.45) is 0. The number of carboxylic acids is 1. The van der Waals surface area contributed by atoms with Crippen LogP contribution in [0, 0.1) is 0 Å². The summed E-state index contributed by atoms with van der Waals surface area (Å²) in [6.45, 7) is -0.436. The Labute approximate surface area is 121 Å². The van der Waals surface area contributed by atoms with Gasteiger partial charge in [-0.1, -0.05) is 0 Å². The number of nitrogens with zero attached hydrogens (tertiary/aromatic N) is 1. The minimum atomic E-state index is -1.11. The van der Waals surface area contributed by atoms with E-state index in [0.717, 1.165) is 4.90 Å². The molecule has 0 atom stereocenters. The van der Waals surface area contributed by atoms with E-state index in [2.05, 4.69) is 26.2 Å². The van der Waals surface area contributed by atoms with Crippen molar-refractivity contribution >= 4 is 51.0 Å². The second-order valence-corrected chi connectivity index (χ2v) is 5.45. The van der Waals surface area contributed by atoms with Crippen LogP contribution in [0.2, 0.25) is 0 Å². The molecule has 0 radical (unpaired) electrons. The van der Waals surface area contributed by atoms with E-state index >= 15 is 0 Å². The Bertz CT molecular complexity index is 588. The van der Waals surface area contributed by atoms with Gasteiger partial charge in [0.15, 0.2) is 0 Å². The highest BCUT2D eigenvalue weighted by Crippen LogP contribution is 2.43. The topological polar surface area (TPSA) is 99.0 Å². The van der Waals surface area contributed by atoms with Crippen LogP contribution >= 0.6 is 27.7 Å². The quantitative estimate of drug-likeness (QED) is 0.772. The van der Waals surface area contributed by atoms with Crippen LogP contribution in [0.1, 0.15) is 0 Å². The minimum Gasteiger partial charge on any atom is -0.507 e. The second-order valence-electron chi connectivity index (χ2n) is 3.67. The molecule has 0 spiro atoms. The molecular formula is C11H9BrN2O4S. The number of carbonyl (C=O) groups is 2.